The number of aromatic nitrogens is 2. The number of anilines is 1. The van der Waals surface area contributed by atoms with Gasteiger partial charge in [-0.25, -0.2) is 14.8 Å². The first kappa shape index (κ1) is 19.4. The SMILES string of the molecule is O=C1NC(=O)C2(CCCC2)N1CCNc1ncc(Br)c(-c2cc3ccccc3s2)n1. The van der Waals surface area contributed by atoms with Crippen molar-refractivity contribution >= 4 is 55.2 Å². The van der Waals surface area contributed by atoms with Gasteiger partial charge >= 0.3 is 6.03 Å². The first-order chi connectivity index (χ1) is 14.6. The number of thiophene rings is 1. The van der Waals surface area contributed by atoms with Crippen LogP contribution in [0.3, 0.4) is 0 Å². The zero-order valence-corrected chi connectivity index (χ0v) is 18.6. The number of carbonyl (C=O) groups is 2. The largest absolute Gasteiger partial charge is 0.352 e. The predicted molar refractivity (Wildman–Crippen MR) is 120 cm³/mol. The lowest BCUT2D eigenvalue weighted by Gasteiger charge is -2.31. The number of nitrogens with one attached hydrogen (secondary N) is 2. The van der Waals surface area contributed by atoms with Crippen LogP contribution in [0, 0.1) is 0 Å². The number of fused-ring (bicyclic) bond motifs is 1. The number of urea groups is 1. The molecule has 1 aliphatic heterocycles. The number of nitrogens with zero attached hydrogens (tertiary/aromatic N) is 3. The van der Waals surface area contributed by atoms with E-state index in [4.69, 9.17) is 0 Å². The lowest BCUT2D eigenvalue weighted by Crippen LogP contribution is -2.49. The van der Waals surface area contributed by atoms with Gasteiger partial charge in [-0.05, 0) is 46.3 Å². The molecule has 7 nitrogen and oxygen atoms in total. The fourth-order valence-electron chi connectivity index (χ4n) is 4.37. The van der Waals surface area contributed by atoms with Crippen molar-refractivity contribution in [3.63, 3.8) is 0 Å². The molecule has 5 rings (SSSR count). The van der Waals surface area contributed by atoms with E-state index in [0.29, 0.717) is 19.0 Å². The Balaban J connectivity index is 1.32. The summed E-state index contributed by atoms with van der Waals surface area (Å²) in [7, 11) is 0. The van der Waals surface area contributed by atoms with E-state index in [-0.39, 0.29) is 11.9 Å². The van der Waals surface area contributed by atoms with Crippen LogP contribution in [0.2, 0.25) is 0 Å². The molecule has 2 fully saturated rings. The van der Waals surface area contributed by atoms with E-state index in [1.807, 2.05) is 12.1 Å². The van der Waals surface area contributed by atoms with Gasteiger partial charge in [0.05, 0.1) is 9.35 Å². The van der Waals surface area contributed by atoms with Crippen LogP contribution < -0.4 is 10.6 Å². The molecule has 2 N–H and O–H groups in total. The van der Waals surface area contributed by atoms with Gasteiger partial charge in [0.15, 0.2) is 0 Å². The molecule has 0 bridgehead atoms. The molecule has 30 heavy (non-hydrogen) atoms. The Morgan fingerprint density at radius 2 is 2.03 bits per heavy atom. The number of hydrogen-bond donors (Lipinski definition) is 2. The number of hydrogen-bond acceptors (Lipinski definition) is 6. The topological polar surface area (TPSA) is 87.2 Å². The lowest BCUT2D eigenvalue weighted by molar-refractivity contribution is -0.126. The van der Waals surface area contributed by atoms with Crippen molar-refractivity contribution in [2.45, 2.75) is 31.2 Å². The highest BCUT2D eigenvalue weighted by atomic mass is 79.9. The molecule has 0 unspecified atom stereocenters. The highest BCUT2D eigenvalue weighted by Gasteiger charge is 2.53. The molecular weight excluding hydrogens is 466 g/mol. The van der Waals surface area contributed by atoms with Crippen LogP contribution in [-0.2, 0) is 4.79 Å². The zero-order valence-electron chi connectivity index (χ0n) is 16.2. The fraction of sp³-hybridized carbons (Fsp3) is 0.333. The highest BCUT2D eigenvalue weighted by Crippen LogP contribution is 2.38. The van der Waals surface area contributed by atoms with E-state index in [9.17, 15) is 9.59 Å². The standard InChI is InChI=1S/C21H20BrN5O2S/c22-14-12-24-19(25-17(14)16-11-13-5-1-2-6-15(13)30-16)23-9-10-27-20(29)26-18(28)21(27)7-3-4-8-21/h1-2,5-6,11-12H,3-4,7-10H2,(H,23,24,25)(H,26,28,29). The zero-order chi connectivity index (χ0) is 20.7. The van der Waals surface area contributed by atoms with Gasteiger partial charge in [-0.3, -0.25) is 10.1 Å². The van der Waals surface area contributed by atoms with E-state index >= 15 is 0 Å². The molecule has 3 amide bonds. The molecule has 2 aliphatic rings. The molecule has 1 aliphatic carbocycles. The molecule has 3 heterocycles. The second-order valence-electron chi connectivity index (χ2n) is 7.62. The van der Waals surface area contributed by atoms with Crippen LogP contribution in [0.1, 0.15) is 25.7 Å². The summed E-state index contributed by atoms with van der Waals surface area (Å²) in [6.07, 6.45) is 5.14. The first-order valence-electron chi connectivity index (χ1n) is 9.95. The summed E-state index contributed by atoms with van der Waals surface area (Å²) in [5, 5.41) is 6.88. The molecule has 0 radical (unpaired) electrons. The number of rotatable bonds is 5. The molecular formula is C21H20BrN5O2S. The van der Waals surface area contributed by atoms with Crippen LogP contribution in [0.15, 0.2) is 41.0 Å². The van der Waals surface area contributed by atoms with Crippen molar-refractivity contribution in [1.82, 2.24) is 20.2 Å². The second kappa shape index (κ2) is 7.63. The molecule has 3 aromatic rings. The van der Waals surface area contributed by atoms with Crippen molar-refractivity contribution in [3.05, 3.63) is 41.0 Å². The average molecular weight is 486 g/mol. The summed E-state index contributed by atoms with van der Waals surface area (Å²) in [6.45, 7) is 0.894. The van der Waals surface area contributed by atoms with Gasteiger partial charge in [-0.15, -0.1) is 11.3 Å². The maximum absolute atomic E-state index is 12.3. The molecule has 154 valence electrons. The van der Waals surface area contributed by atoms with E-state index < -0.39 is 5.54 Å². The van der Waals surface area contributed by atoms with Crippen molar-refractivity contribution in [1.29, 1.82) is 0 Å². The summed E-state index contributed by atoms with van der Waals surface area (Å²) < 4.78 is 2.04. The summed E-state index contributed by atoms with van der Waals surface area (Å²) in [5.41, 5.74) is 0.164. The lowest BCUT2D eigenvalue weighted by atomic mass is 9.96. The van der Waals surface area contributed by atoms with Crippen molar-refractivity contribution in [2.75, 3.05) is 18.4 Å². The molecule has 1 spiro atoms. The van der Waals surface area contributed by atoms with Gasteiger partial charge in [0.1, 0.15) is 11.2 Å². The van der Waals surface area contributed by atoms with Gasteiger partial charge in [0, 0.05) is 24.0 Å². The van der Waals surface area contributed by atoms with Crippen LogP contribution in [0.5, 0.6) is 0 Å². The maximum Gasteiger partial charge on any atom is 0.325 e. The molecule has 1 aromatic carbocycles. The smallest absolute Gasteiger partial charge is 0.325 e. The van der Waals surface area contributed by atoms with Crippen molar-refractivity contribution in [2.24, 2.45) is 0 Å². The third kappa shape index (κ3) is 3.26. The number of benzene rings is 1. The third-order valence-corrected chi connectivity index (χ3v) is 7.56. The van der Waals surface area contributed by atoms with Gasteiger partial charge in [-0.2, -0.15) is 0 Å². The van der Waals surface area contributed by atoms with Gasteiger partial charge in [0.2, 0.25) is 5.95 Å². The highest BCUT2D eigenvalue weighted by molar-refractivity contribution is 9.10. The van der Waals surface area contributed by atoms with E-state index in [0.717, 1.165) is 40.7 Å². The Morgan fingerprint density at radius 3 is 2.83 bits per heavy atom. The second-order valence-corrected chi connectivity index (χ2v) is 9.55. The molecule has 2 aromatic heterocycles. The average Bonchev–Trinajstić information content (AvgIpc) is 3.44. The maximum atomic E-state index is 12.3. The molecule has 9 heteroatoms. The summed E-state index contributed by atoms with van der Waals surface area (Å²) in [4.78, 5) is 36.4. The minimum atomic E-state index is -0.665. The first-order valence-corrected chi connectivity index (χ1v) is 11.6. The predicted octanol–water partition coefficient (Wildman–Crippen LogP) is 4.40. The number of amides is 3. The Bertz CT molecular complexity index is 1110. The molecule has 1 saturated heterocycles. The Labute approximate surface area is 186 Å². The van der Waals surface area contributed by atoms with Gasteiger partial charge in [0.25, 0.3) is 5.91 Å². The normalized spacial score (nSPS) is 17.8. The Morgan fingerprint density at radius 1 is 1.23 bits per heavy atom. The van der Waals surface area contributed by atoms with E-state index in [1.165, 1.54) is 10.1 Å². The Kier molecular flexibility index (Phi) is 4.94. The fourth-order valence-corrected chi connectivity index (χ4v) is 5.98. The van der Waals surface area contributed by atoms with Crippen molar-refractivity contribution < 1.29 is 9.59 Å². The van der Waals surface area contributed by atoms with Crippen LogP contribution in [-0.4, -0.2) is 45.4 Å². The minimum Gasteiger partial charge on any atom is -0.352 e. The van der Waals surface area contributed by atoms with E-state index in [1.54, 1.807) is 22.4 Å². The van der Waals surface area contributed by atoms with Crippen LogP contribution in [0.4, 0.5) is 10.7 Å². The quantitative estimate of drug-likeness (QED) is 0.523. The van der Waals surface area contributed by atoms with Gasteiger partial charge in [-0.1, -0.05) is 31.0 Å². The minimum absolute atomic E-state index is 0.156. The van der Waals surface area contributed by atoms with E-state index in [2.05, 4.69) is 54.7 Å². The number of carbonyl (C=O) groups excluding carboxylic acids is 2. The summed E-state index contributed by atoms with van der Waals surface area (Å²) in [6, 6.07) is 10.1. The van der Waals surface area contributed by atoms with Crippen molar-refractivity contribution in [3.8, 4) is 10.6 Å². The summed E-state index contributed by atoms with van der Waals surface area (Å²) in [5.74, 6) is 0.342. The van der Waals surface area contributed by atoms with Crippen LogP contribution in [0.25, 0.3) is 20.7 Å². The summed E-state index contributed by atoms with van der Waals surface area (Å²) >= 11 is 5.24. The molecule has 1 saturated carbocycles. The monoisotopic (exact) mass is 485 g/mol. The number of imide groups is 1. The van der Waals surface area contributed by atoms with Gasteiger partial charge < -0.3 is 10.2 Å². The molecule has 0 atom stereocenters. The number of halogens is 1. The third-order valence-electron chi connectivity index (χ3n) is 5.86. The Hall–Kier alpha value is -2.52. The van der Waals surface area contributed by atoms with Crippen LogP contribution >= 0.6 is 27.3 Å².